The van der Waals surface area contributed by atoms with Crippen LogP contribution in [0.3, 0.4) is 0 Å². The highest BCUT2D eigenvalue weighted by molar-refractivity contribution is 8.88. The van der Waals surface area contributed by atoms with E-state index in [-0.39, 0.29) is 18.3 Å². The van der Waals surface area contributed by atoms with E-state index in [2.05, 4.69) is 176 Å². The van der Waals surface area contributed by atoms with Crippen molar-refractivity contribution in [2.45, 2.75) is 38.9 Å². The Balaban J connectivity index is 0.000000472. The van der Waals surface area contributed by atoms with Crippen LogP contribution in [0.1, 0.15) is 27.7 Å². The molecule has 2 aromatic heterocycles. The monoisotopic (exact) mass is 3900 g/mol. The van der Waals surface area contributed by atoms with Gasteiger partial charge < -0.3 is 18.4 Å². The maximum atomic E-state index is 6.32. The molecular weight excluding hydrogens is 3880 g/mol. The molecule has 8 aromatic rings. The van der Waals surface area contributed by atoms with E-state index in [1.54, 1.807) is 107 Å². The second-order valence-electron chi connectivity index (χ2n) is 20.6. The van der Waals surface area contributed by atoms with Crippen molar-refractivity contribution < 1.29 is 9.31 Å². The minimum atomic E-state index is -0.381. The van der Waals surface area contributed by atoms with Gasteiger partial charge in [0, 0.05) is 952 Å². The van der Waals surface area contributed by atoms with E-state index < -0.39 is 0 Å². The fraction of sp³-hybridized carbons (Fsp3) is 0.143. The quantitative estimate of drug-likeness (QED) is 0.164. The molecule has 0 saturated carbocycles. The maximum Gasteiger partial charge on any atom is 0.494 e. The Morgan fingerprint density at radius 1 is 0.167 bits per heavy atom. The van der Waals surface area contributed by atoms with Gasteiger partial charge in [0.2, 0.25) is 0 Å². The van der Waals surface area contributed by atoms with E-state index in [4.69, 9.17) is 31.7 Å². The van der Waals surface area contributed by atoms with Crippen LogP contribution in [-0.4, -0.2) is 27.5 Å². The van der Waals surface area contributed by atoms with Crippen LogP contribution in [-0.2, 0) is 929 Å². The Kier molecular flexibility index (Phi) is 112. The Hall–Kier alpha value is 17.6. The second-order valence-corrected chi connectivity index (χ2v) is 199. The first-order valence-corrected chi connectivity index (χ1v) is 169. The van der Waals surface area contributed by atoms with Gasteiger partial charge in [-0.15, -0.1) is 0 Å². The van der Waals surface area contributed by atoms with Crippen LogP contribution in [0.25, 0.3) is 66.1 Å². The van der Waals surface area contributed by atoms with Crippen molar-refractivity contribution in [3.05, 3.63) is 140 Å². The summed E-state index contributed by atoms with van der Waals surface area (Å²) in [5.74, 6) is 0. The molecule has 1 saturated heterocycles. The molecule has 150 heavy (non-hydrogen) atoms. The van der Waals surface area contributed by atoms with Gasteiger partial charge in [-0.05, 0) is 105 Å². The highest BCUT2D eigenvalue weighted by atomic mass is 33.6. The first-order valence-electron chi connectivity index (χ1n) is 33.4. The summed E-state index contributed by atoms with van der Waals surface area (Å²) in [7, 11) is 182. The molecule has 1 aliphatic heterocycles. The van der Waals surface area contributed by atoms with Gasteiger partial charge in [0.15, 0.2) is 0 Å². The van der Waals surface area contributed by atoms with Crippen LogP contribution in [0.4, 0.5) is 0 Å². The average Bonchev–Trinajstić information content (AvgIpc) is 1.58. The summed E-state index contributed by atoms with van der Waals surface area (Å²) < 4.78 is 17.4. The number of hydrogen-bond acceptors (Lipinski definition) is 4. The van der Waals surface area contributed by atoms with Gasteiger partial charge in [0.1, 0.15) is 0 Å². The molecule has 6 aromatic carbocycles. The molecule has 0 aliphatic carbocycles. The van der Waals surface area contributed by atoms with Crippen molar-refractivity contribution in [2.24, 2.45) is 0 Å². The molecule has 0 bridgehead atoms. The Morgan fingerprint density at radius 3 is 0.500 bits per heavy atom. The zero-order valence-electron chi connectivity index (χ0n) is 69.1. The van der Waals surface area contributed by atoms with Gasteiger partial charge in [0.25, 0.3) is 0 Å². The van der Waals surface area contributed by atoms with Crippen molar-refractivity contribution in [1.29, 1.82) is 0 Å². The molecule has 1 aliphatic rings. The van der Waals surface area contributed by atoms with Crippen molar-refractivity contribution >= 4 is 975 Å². The molecule has 4 nitrogen and oxygen atoms in total. The third-order valence-corrected chi connectivity index (χ3v) is 235. The van der Waals surface area contributed by atoms with Crippen LogP contribution in [0.2, 0.25) is 0 Å². The van der Waals surface area contributed by atoms with E-state index in [1.807, 2.05) is 773 Å². The summed E-state index contributed by atoms with van der Waals surface area (Å²) >= 11 is 9.66. The largest absolute Gasteiger partial charge is 0.494 e. The Bertz CT molecular complexity index is 11500. The van der Waals surface area contributed by atoms with Crippen molar-refractivity contribution in [1.82, 2.24) is 9.13 Å². The average molecular weight is 3910 g/mol. The fourth-order valence-electron chi connectivity index (χ4n) is 8.32. The number of fused-ring (bicyclic) bond motifs is 6. The fourth-order valence-corrected chi connectivity index (χ4v) is 280. The molecule has 0 amide bonds. The van der Waals surface area contributed by atoms with E-state index in [9.17, 15) is 0 Å². The number of benzene rings is 6. The molecule has 0 unspecified atom stereocenters. The number of aromatic nitrogens is 2. The molecule has 0 atom stereocenters. The van der Waals surface area contributed by atoms with Crippen LogP contribution in [0, 0.1) is 0 Å². The summed E-state index contributed by atoms with van der Waals surface area (Å²) in [5.41, 5.74) is 9.77. The molecular formula is C42H35BN2O2S103. The van der Waals surface area contributed by atoms with E-state index in [0.29, 0.717) is 0 Å². The molecule has 9 rings (SSSR count). The van der Waals surface area contributed by atoms with Gasteiger partial charge in [-0.2, -0.15) is 0 Å². The molecule has 0 N–H and O–H groups in total. The zero-order chi connectivity index (χ0) is 105. The summed E-state index contributed by atoms with van der Waals surface area (Å²) in [6.45, 7) is 8.37. The van der Waals surface area contributed by atoms with Crippen LogP contribution < -0.4 is 5.46 Å². The predicted octanol–water partition coefficient (Wildman–Crippen LogP) is 9.60. The molecule has 0 radical (unpaired) electrons. The van der Waals surface area contributed by atoms with E-state index in [0.717, 1.165) is 11.2 Å². The van der Waals surface area contributed by atoms with Crippen LogP contribution in [0.15, 0.2) is 140 Å². The summed E-state index contributed by atoms with van der Waals surface area (Å²) in [6, 6.07) is 50.4. The highest BCUT2D eigenvalue weighted by Crippen LogP contribution is 2.39. The molecule has 846 valence electrons. The summed E-state index contributed by atoms with van der Waals surface area (Å²) in [4.78, 5) is 0. The highest BCUT2D eigenvalue weighted by Gasteiger charge is 2.51. The standard InChI is InChI=1S/C42H35BN2O2.S103/c1-41(2)42(3,4)47-43(46-41)30-20-22-32(23-21-30)45-38-17-11-9-15-34(38)36-27-29(19-25-40(36)45)28-18-24-39-35(26-28)33-14-8-10-16-37(33)44(39)31-12-6-5-7-13-31;1-3-5-7-9-11-13-15-17-19-21-23-25-27-29-31-33-35-37-39-41-43-45-47-49-51-53-55-57-59-61-63-65-67-69-71-73-75-77-79-81-83-85-87-89-91-93-95-97-99-101-103-102-100-98-96-94-92-90-88-86-84-82-80-78-76-74-72-70-68-66-64-62-60-58-56-54-52-50-48-46-44-42-40-38-36-34-32-30-28-26-24-22-20-18-16-14-12-10-8-6-4-2/h5-27H,1-4H3;. The van der Waals surface area contributed by atoms with Gasteiger partial charge in [-0.1, -0.05) is 78.9 Å². The van der Waals surface area contributed by atoms with Gasteiger partial charge in [-0.3, -0.25) is 0 Å². The number of para-hydroxylation sites is 3. The first-order chi connectivity index (χ1) is 74.2. The molecule has 108 heteroatoms. The Morgan fingerprint density at radius 2 is 0.320 bits per heavy atom. The van der Waals surface area contributed by atoms with Crippen LogP contribution in [0.5, 0.6) is 0 Å². The normalized spacial score (nSPS) is 10.4. The molecule has 1 fully saturated rings. The van der Waals surface area contributed by atoms with Crippen molar-refractivity contribution in [3.8, 4) is 22.5 Å². The lowest BCUT2D eigenvalue weighted by atomic mass is 9.79. The SMILES string of the molecule is CC1(C)OB(c2ccc(-n3c4ccccc4c4cc(-c5ccc6c(c5)c5ccccc5n6-c5ccccc5)ccc43)cc2)OC1(C)C.S=S=S=S=S=S=S=S=S=S=S=S=S=S=S=S=S=S=S=S=S=S=S=S=S=S=S=S=S=S=S=S=S=S=S=S=S=S=S=S=S=S=S=S=S=S=S=S=S=S=S=S=S=S=S=S=S=S=S=S=S=S=S=S=S=S=S=S=S=S=S=S=S=S=S=S=S=S=S=S=S=S=S=S=S=S=S=S=S=S=S=S=S=S=S=S=S=S=S=S=S=S=S. The topological polar surface area (TPSA) is 28.3 Å². The third kappa shape index (κ3) is 76.2. The van der Waals surface area contributed by atoms with Gasteiger partial charge in [-0.25, -0.2) is 0 Å². The Labute approximate surface area is 1160 Å². The van der Waals surface area contributed by atoms with Crippen molar-refractivity contribution in [3.63, 3.8) is 0 Å². The summed E-state index contributed by atoms with van der Waals surface area (Å²) in [6.07, 6.45) is 0. The maximum absolute atomic E-state index is 6.32. The lowest BCUT2D eigenvalue weighted by molar-refractivity contribution is 0.00578. The van der Waals surface area contributed by atoms with Gasteiger partial charge >= 0.3 is 7.12 Å². The molecule has 0 spiro atoms. The van der Waals surface area contributed by atoms with E-state index in [1.165, 1.54) is 78.2 Å². The minimum Gasteiger partial charge on any atom is -0.399 e. The molecule has 3 heterocycles. The number of nitrogens with zero attached hydrogens (tertiary/aromatic N) is 2. The third-order valence-electron chi connectivity index (χ3n) is 13.1. The smallest absolute Gasteiger partial charge is 0.399 e. The number of hydrogen-bond donors (Lipinski definition) is 0. The lowest BCUT2D eigenvalue weighted by Gasteiger charge is -2.32. The van der Waals surface area contributed by atoms with Crippen molar-refractivity contribution in [2.75, 3.05) is 0 Å². The zero-order valence-corrected chi connectivity index (χ0v) is 153. The van der Waals surface area contributed by atoms with Crippen LogP contribution >= 0.6 is 0 Å². The number of rotatable bonds is 4. The van der Waals surface area contributed by atoms with Gasteiger partial charge in [0.05, 0.1) is 33.3 Å². The second kappa shape index (κ2) is 110. The minimum absolute atomic E-state index is 0.371. The summed E-state index contributed by atoms with van der Waals surface area (Å²) in [5, 5.41) is 4.99. The predicted molar refractivity (Wildman–Crippen MR) is 955 cm³/mol. The first kappa shape index (κ1) is 153. The lowest BCUT2D eigenvalue weighted by Crippen LogP contribution is -2.41. The van der Waals surface area contributed by atoms with E-state index >= 15 is 0 Å².